The summed E-state index contributed by atoms with van der Waals surface area (Å²) in [5.41, 5.74) is -0.901. The van der Waals surface area contributed by atoms with Crippen molar-refractivity contribution in [3.8, 4) is 0 Å². The first kappa shape index (κ1) is 15.7. The lowest BCUT2D eigenvalue weighted by atomic mass is 10.1. The van der Waals surface area contributed by atoms with Gasteiger partial charge in [0.1, 0.15) is 12.2 Å². The number of benzene rings is 1. The second-order valence-electron chi connectivity index (χ2n) is 3.92. The predicted octanol–water partition coefficient (Wildman–Crippen LogP) is 2.38. The van der Waals surface area contributed by atoms with E-state index < -0.39 is 29.3 Å². The topological polar surface area (TPSA) is 72.7 Å². The molecule has 0 amide bonds. The SMILES string of the molecule is COC(=O)c1ccc([N+](=O)[O-])c(N(C)CC(F)(F)F)c1. The smallest absolute Gasteiger partial charge is 0.405 e. The van der Waals surface area contributed by atoms with Crippen LogP contribution in [-0.4, -0.2) is 37.8 Å². The van der Waals surface area contributed by atoms with Gasteiger partial charge >= 0.3 is 12.1 Å². The van der Waals surface area contributed by atoms with E-state index in [2.05, 4.69) is 4.74 Å². The molecule has 1 rings (SSSR count). The molecule has 0 radical (unpaired) electrons. The van der Waals surface area contributed by atoms with E-state index in [1.54, 1.807) is 0 Å². The molecule has 1 aromatic rings. The number of halogens is 3. The molecule has 0 aliphatic carbocycles. The van der Waals surface area contributed by atoms with Crippen LogP contribution < -0.4 is 4.90 Å². The lowest BCUT2D eigenvalue weighted by molar-refractivity contribution is -0.384. The number of anilines is 1. The van der Waals surface area contributed by atoms with Crippen LogP contribution in [0.3, 0.4) is 0 Å². The van der Waals surface area contributed by atoms with Gasteiger partial charge in [0, 0.05) is 13.1 Å². The van der Waals surface area contributed by atoms with Crippen LogP contribution in [-0.2, 0) is 4.74 Å². The minimum atomic E-state index is -4.52. The molecule has 20 heavy (non-hydrogen) atoms. The van der Waals surface area contributed by atoms with E-state index in [4.69, 9.17) is 0 Å². The Bertz CT molecular complexity index is 531. The van der Waals surface area contributed by atoms with Crippen LogP contribution in [0, 0.1) is 10.1 Å². The van der Waals surface area contributed by atoms with Gasteiger partial charge in [0.2, 0.25) is 0 Å². The summed E-state index contributed by atoms with van der Waals surface area (Å²) >= 11 is 0. The summed E-state index contributed by atoms with van der Waals surface area (Å²) in [6.45, 7) is -1.38. The molecule has 0 N–H and O–H groups in total. The van der Waals surface area contributed by atoms with Crippen molar-refractivity contribution in [2.45, 2.75) is 6.18 Å². The molecular weight excluding hydrogens is 281 g/mol. The van der Waals surface area contributed by atoms with Gasteiger partial charge in [-0.25, -0.2) is 4.79 Å². The van der Waals surface area contributed by atoms with Crippen molar-refractivity contribution in [2.24, 2.45) is 0 Å². The Labute approximate surface area is 111 Å². The van der Waals surface area contributed by atoms with Crippen LogP contribution in [0.2, 0.25) is 0 Å². The van der Waals surface area contributed by atoms with Crippen molar-refractivity contribution in [3.05, 3.63) is 33.9 Å². The monoisotopic (exact) mass is 292 g/mol. The largest absolute Gasteiger partial charge is 0.465 e. The highest BCUT2D eigenvalue weighted by Crippen LogP contribution is 2.30. The number of alkyl halides is 3. The van der Waals surface area contributed by atoms with Crippen LogP contribution in [0.5, 0.6) is 0 Å². The van der Waals surface area contributed by atoms with E-state index in [0.717, 1.165) is 32.4 Å². The third-order valence-corrected chi connectivity index (χ3v) is 2.42. The molecule has 0 aromatic heterocycles. The summed E-state index contributed by atoms with van der Waals surface area (Å²) in [6, 6.07) is 3.08. The molecule has 110 valence electrons. The Morgan fingerprint density at radius 1 is 1.45 bits per heavy atom. The van der Waals surface area contributed by atoms with E-state index in [0.29, 0.717) is 4.90 Å². The average molecular weight is 292 g/mol. The number of ether oxygens (including phenoxy) is 1. The zero-order valence-corrected chi connectivity index (χ0v) is 10.6. The maximum atomic E-state index is 12.3. The van der Waals surface area contributed by atoms with Crippen molar-refractivity contribution in [3.63, 3.8) is 0 Å². The van der Waals surface area contributed by atoms with Crippen molar-refractivity contribution in [1.82, 2.24) is 0 Å². The van der Waals surface area contributed by atoms with Gasteiger partial charge in [-0.15, -0.1) is 0 Å². The maximum Gasteiger partial charge on any atom is 0.405 e. The molecule has 6 nitrogen and oxygen atoms in total. The second kappa shape index (κ2) is 5.76. The number of methoxy groups -OCH3 is 1. The molecule has 0 fully saturated rings. The highest BCUT2D eigenvalue weighted by Gasteiger charge is 2.32. The van der Waals surface area contributed by atoms with Crippen LogP contribution in [0.25, 0.3) is 0 Å². The molecule has 0 bridgehead atoms. The van der Waals surface area contributed by atoms with E-state index in [9.17, 15) is 28.1 Å². The van der Waals surface area contributed by atoms with Gasteiger partial charge in [-0.2, -0.15) is 13.2 Å². The molecule has 0 saturated carbocycles. The Morgan fingerprint density at radius 3 is 2.50 bits per heavy atom. The number of carbonyl (C=O) groups is 1. The minimum Gasteiger partial charge on any atom is -0.465 e. The highest BCUT2D eigenvalue weighted by molar-refractivity contribution is 5.91. The van der Waals surface area contributed by atoms with E-state index in [1.165, 1.54) is 0 Å². The standard InChI is InChI=1S/C11H11F3N2O4/c1-15(6-11(12,13)14)9-5-7(10(17)20-2)3-4-8(9)16(18)19/h3-5H,6H2,1-2H3. The first-order valence-corrected chi connectivity index (χ1v) is 5.30. The normalized spacial score (nSPS) is 11.1. The Balaban J connectivity index is 3.25. The molecule has 0 aliphatic rings. The Kier molecular flexibility index (Phi) is 4.53. The highest BCUT2D eigenvalue weighted by atomic mass is 19.4. The molecule has 0 spiro atoms. The van der Waals surface area contributed by atoms with Gasteiger partial charge in [0.05, 0.1) is 17.6 Å². The number of nitro benzene ring substituents is 1. The van der Waals surface area contributed by atoms with Crippen molar-refractivity contribution in [2.75, 3.05) is 25.6 Å². The number of esters is 1. The third kappa shape index (κ3) is 3.84. The van der Waals surface area contributed by atoms with Gasteiger partial charge in [-0.05, 0) is 12.1 Å². The fraction of sp³-hybridized carbons (Fsp3) is 0.364. The predicted molar refractivity (Wildman–Crippen MR) is 63.8 cm³/mol. The van der Waals surface area contributed by atoms with Gasteiger partial charge in [-0.3, -0.25) is 10.1 Å². The molecule has 0 heterocycles. The summed E-state index contributed by atoms with van der Waals surface area (Å²) < 4.78 is 41.5. The van der Waals surface area contributed by atoms with E-state index in [1.807, 2.05) is 0 Å². The summed E-state index contributed by atoms with van der Waals surface area (Å²) in [6.07, 6.45) is -4.52. The molecule has 1 aromatic carbocycles. The van der Waals surface area contributed by atoms with Crippen molar-refractivity contribution < 1.29 is 27.6 Å². The lowest BCUT2D eigenvalue weighted by Crippen LogP contribution is -2.31. The number of nitro groups is 1. The average Bonchev–Trinajstić information content (AvgIpc) is 2.34. The van der Waals surface area contributed by atoms with Gasteiger partial charge < -0.3 is 9.64 Å². The summed E-state index contributed by atoms with van der Waals surface area (Å²) in [5.74, 6) is -0.790. The summed E-state index contributed by atoms with van der Waals surface area (Å²) in [4.78, 5) is 22.0. The van der Waals surface area contributed by atoms with Gasteiger partial charge in [-0.1, -0.05) is 0 Å². The van der Waals surface area contributed by atoms with Crippen LogP contribution in [0.15, 0.2) is 18.2 Å². The van der Waals surface area contributed by atoms with E-state index in [-0.39, 0.29) is 11.3 Å². The number of nitrogens with zero attached hydrogens (tertiary/aromatic N) is 2. The molecule has 0 unspecified atom stereocenters. The van der Waals surface area contributed by atoms with E-state index >= 15 is 0 Å². The van der Waals surface area contributed by atoms with Gasteiger partial charge in [0.15, 0.2) is 0 Å². The Morgan fingerprint density at radius 2 is 2.05 bits per heavy atom. The first-order valence-electron chi connectivity index (χ1n) is 5.30. The first-order chi connectivity index (χ1) is 9.15. The molecule has 0 saturated heterocycles. The molecular formula is C11H11F3N2O4. The summed E-state index contributed by atoms with van der Waals surface area (Å²) in [5, 5.41) is 10.8. The van der Waals surface area contributed by atoms with Crippen LogP contribution in [0.1, 0.15) is 10.4 Å². The zero-order chi connectivity index (χ0) is 15.5. The minimum absolute atomic E-state index is 0.0675. The second-order valence-corrected chi connectivity index (χ2v) is 3.92. The van der Waals surface area contributed by atoms with Crippen molar-refractivity contribution >= 4 is 17.3 Å². The number of hydrogen-bond donors (Lipinski definition) is 0. The third-order valence-electron chi connectivity index (χ3n) is 2.42. The molecule has 0 aliphatic heterocycles. The summed E-state index contributed by atoms with van der Waals surface area (Å²) in [7, 11) is 2.15. The number of hydrogen-bond acceptors (Lipinski definition) is 5. The number of carbonyl (C=O) groups excluding carboxylic acids is 1. The van der Waals surface area contributed by atoms with Gasteiger partial charge in [0.25, 0.3) is 5.69 Å². The molecule has 9 heteroatoms. The van der Waals surface area contributed by atoms with Crippen molar-refractivity contribution in [1.29, 1.82) is 0 Å². The Hall–Kier alpha value is -2.32. The van der Waals surface area contributed by atoms with Crippen LogP contribution >= 0.6 is 0 Å². The molecule has 0 atom stereocenters. The maximum absolute atomic E-state index is 12.3. The number of rotatable bonds is 4. The quantitative estimate of drug-likeness (QED) is 0.484. The zero-order valence-electron chi connectivity index (χ0n) is 10.6. The fourth-order valence-electron chi connectivity index (χ4n) is 1.58. The fourth-order valence-corrected chi connectivity index (χ4v) is 1.58. The lowest BCUT2D eigenvalue weighted by Gasteiger charge is -2.21. The van der Waals surface area contributed by atoms with Crippen LogP contribution in [0.4, 0.5) is 24.5 Å².